The Morgan fingerprint density at radius 2 is 2.44 bits per heavy atom. The zero-order valence-electron chi connectivity index (χ0n) is 9.94. The number of carbonyl (C=O) groups excluding carboxylic acids is 1. The SMILES string of the molecule is CC(N)CCC(=O)NCCc1nccn1C. The molecule has 1 rings (SSSR count). The van der Waals surface area contributed by atoms with Crippen molar-refractivity contribution in [2.75, 3.05) is 6.54 Å². The van der Waals surface area contributed by atoms with E-state index in [1.165, 1.54) is 0 Å². The summed E-state index contributed by atoms with van der Waals surface area (Å²) >= 11 is 0. The van der Waals surface area contributed by atoms with Crippen molar-refractivity contribution in [2.24, 2.45) is 12.8 Å². The van der Waals surface area contributed by atoms with Gasteiger partial charge in [0.15, 0.2) is 0 Å². The van der Waals surface area contributed by atoms with Crippen molar-refractivity contribution in [1.82, 2.24) is 14.9 Å². The summed E-state index contributed by atoms with van der Waals surface area (Å²) in [5, 5.41) is 2.86. The summed E-state index contributed by atoms with van der Waals surface area (Å²) in [6.45, 7) is 2.53. The molecule has 0 aliphatic heterocycles. The molecule has 0 bridgehead atoms. The molecule has 0 aliphatic rings. The molecule has 16 heavy (non-hydrogen) atoms. The topological polar surface area (TPSA) is 72.9 Å². The van der Waals surface area contributed by atoms with Crippen LogP contribution in [0, 0.1) is 0 Å². The molecule has 1 atom stereocenters. The molecular formula is C11H20N4O. The van der Waals surface area contributed by atoms with E-state index in [9.17, 15) is 4.79 Å². The number of carbonyl (C=O) groups is 1. The van der Waals surface area contributed by atoms with Gasteiger partial charge in [-0.3, -0.25) is 4.79 Å². The first kappa shape index (κ1) is 12.7. The normalized spacial score (nSPS) is 12.4. The first-order chi connectivity index (χ1) is 7.59. The Morgan fingerprint density at radius 1 is 1.69 bits per heavy atom. The lowest BCUT2D eigenvalue weighted by atomic mass is 10.2. The maximum atomic E-state index is 11.4. The van der Waals surface area contributed by atoms with E-state index in [-0.39, 0.29) is 11.9 Å². The van der Waals surface area contributed by atoms with Crippen molar-refractivity contribution in [3.63, 3.8) is 0 Å². The van der Waals surface area contributed by atoms with E-state index in [0.29, 0.717) is 13.0 Å². The van der Waals surface area contributed by atoms with Crippen LogP contribution in [-0.2, 0) is 18.3 Å². The molecule has 1 aromatic rings. The van der Waals surface area contributed by atoms with Crippen LogP contribution in [0.15, 0.2) is 12.4 Å². The predicted molar refractivity (Wildman–Crippen MR) is 62.8 cm³/mol. The molecule has 1 heterocycles. The summed E-state index contributed by atoms with van der Waals surface area (Å²) in [6, 6.07) is 0.0836. The van der Waals surface area contributed by atoms with E-state index in [4.69, 9.17) is 5.73 Å². The van der Waals surface area contributed by atoms with Crippen molar-refractivity contribution in [1.29, 1.82) is 0 Å². The number of nitrogens with zero attached hydrogens (tertiary/aromatic N) is 2. The van der Waals surface area contributed by atoms with Gasteiger partial charge in [0.25, 0.3) is 0 Å². The van der Waals surface area contributed by atoms with Crippen LogP contribution in [0.4, 0.5) is 0 Å². The molecule has 1 aromatic heterocycles. The lowest BCUT2D eigenvalue weighted by Crippen LogP contribution is -2.28. The molecule has 1 amide bonds. The molecule has 5 heteroatoms. The standard InChI is InChI=1S/C11H20N4O/c1-9(12)3-4-11(16)14-6-5-10-13-7-8-15(10)2/h7-9H,3-6,12H2,1-2H3,(H,14,16). The van der Waals surface area contributed by atoms with Crippen LogP contribution in [0.25, 0.3) is 0 Å². The summed E-state index contributed by atoms with van der Waals surface area (Å²) in [4.78, 5) is 15.5. The molecule has 0 aromatic carbocycles. The smallest absolute Gasteiger partial charge is 0.220 e. The molecule has 1 unspecified atom stereocenters. The highest BCUT2D eigenvalue weighted by Crippen LogP contribution is 1.95. The van der Waals surface area contributed by atoms with Gasteiger partial charge in [-0.2, -0.15) is 0 Å². The lowest BCUT2D eigenvalue weighted by Gasteiger charge is -2.06. The monoisotopic (exact) mass is 224 g/mol. The van der Waals surface area contributed by atoms with Crippen molar-refractivity contribution in [3.05, 3.63) is 18.2 Å². The third kappa shape index (κ3) is 4.44. The maximum absolute atomic E-state index is 11.4. The first-order valence-corrected chi connectivity index (χ1v) is 5.58. The van der Waals surface area contributed by atoms with Gasteiger partial charge in [-0.15, -0.1) is 0 Å². The van der Waals surface area contributed by atoms with Gasteiger partial charge < -0.3 is 15.6 Å². The summed E-state index contributed by atoms with van der Waals surface area (Å²) < 4.78 is 1.95. The second-order valence-corrected chi connectivity index (χ2v) is 4.07. The second kappa shape index (κ2) is 6.27. The quantitative estimate of drug-likeness (QED) is 0.725. The Kier molecular flexibility index (Phi) is 4.98. The van der Waals surface area contributed by atoms with Crippen molar-refractivity contribution >= 4 is 5.91 Å². The highest BCUT2D eigenvalue weighted by atomic mass is 16.1. The fraction of sp³-hybridized carbons (Fsp3) is 0.636. The number of rotatable bonds is 6. The van der Waals surface area contributed by atoms with E-state index in [1.807, 2.05) is 24.7 Å². The number of nitrogens with one attached hydrogen (secondary N) is 1. The predicted octanol–water partition coefficient (Wildman–Crippen LogP) is 0.206. The maximum Gasteiger partial charge on any atom is 0.220 e. The molecule has 0 aliphatic carbocycles. The van der Waals surface area contributed by atoms with Crippen molar-refractivity contribution < 1.29 is 4.79 Å². The molecule has 0 spiro atoms. The number of nitrogens with two attached hydrogens (primary N) is 1. The third-order valence-corrected chi connectivity index (χ3v) is 2.42. The Bertz CT molecular complexity index is 332. The van der Waals surface area contributed by atoms with Gasteiger partial charge >= 0.3 is 0 Å². The van der Waals surface area contributed by atoms with E-state index in [0.717, 1.165) is 18.7 Å². The Labute approximate surface area is 96.0 Å². The van der Waals surface area contributed by atoms with Gasteiger partial charge in [-0.1, -0.05) is 0 Å². The molecule has 0 fully saturated rings. The highest BCUT2D eigenvalue weighted by Gasteiger charge is 2.04. The number of imidazole rings is 1. The van der Waals surface area contributed by atoms with Crippen LogP contribution in [0.3, 0.4) is 0 Å². The molecule has 0 saturated carbocycles. The summed E-state index contributed by atoms with van der Waals surface area (Å²) in [5.41, 5.74) is 5.57. The van der Waals surface area contributed by atoms with Crippen LogP contribution >= 0.6 is 0 Å². The number of amides is 1. The van der Waals surface area contributed by atoms with Gasteiger partial charge in [0.05, 0.1) is 0 Å². The zero-order valence-corrected chi connectivity index (χ0v) is 9.94. The van der Waals surface area contributed by atoms with E-state index < -0.39 is 0 Å². The minimum absolute atomic E-state index is 0.0616. The van der Waals surface area contributed by atoms with Gasteiger partial charge in [-0.25, -0.2) is 4.98 Å². The Morgan fingerprint density at radius 3 is 3.00 bits per heavy atom. The van der Waals surface area contributed by atoms with Crippen LogP contribution < -0.4 is 11.1 Å². The van der Waals surface area contributed by atoms with Crippen LogP contribution in [0.5, 0.6) is 0 Å². The summed E-state index contributed by atoms with van der Waals surface area (Å²) in [7, 11) is 1.94. The fourth-order valence-electron chi connectivity index (χ4n) is 1.40. The third-order valence-electron chi connectivity index (χ3n) is 2.42. The van der Waals surface area contributed by atoms with E-state index in [2.05, 4.69) is 10.3 Å². The summed E-state index contributed by atoms with van der Waals surface area (Å²) in [5.74, 6) is 1.04. The molecule has 0 saturated heterocycles. The lowest BCUT2D eigenvalue weighted by molar-refractivity contribution is -0.121. The molecule has 3 N–H and O–H groups in total. The Balaban J connectivity index is 2.16. The largest absolute Gasteiger partial charge is 0.356 e. The van der Waals surface area contributed by atoms with Crippen LogP contribution in [0.2, 0.25) is 0 Å². The molecule has 5 nitrogen and oxygen atoms in total. The number of hydrogen-bond acceptors (Lipinski definition) is 3. The minimum Gasteiger partial charge on any atom is -0.356 e. The molecule has 90 valence electrons. The minimum atomic E-state index is 0.0616. The number of hydrogen-bond donors (Lipinski definition) is 2. The fourth-order valence-corrected chi connectivity index (χ4v) is 1.40. The first-order valence-electron chi connectivity index (χ1n) is 5.58. The molecular weight excluding hydrogens is 204 g/mol. The Hall–Kier alpha value is -1.36. The highest BCUT2D eigenvalue weighted by molar-refractivity contribution is 5.75. The second-order valence-electron chi connectivity index (χ2n) is 4.07. The number of aromatic nitrogens is 2. The van der Waals surface area contributed by atoms with E-state index >= 15 is 0 Å². The summed E-state index contributed by atoms with van der Waals surface area (Å²) in [6.07, 6.45) is 5.64. The van der Waals surface area contributed by atoms with Crippen LogP contribution in [0.1, 0.15) is 25.6 Å². The van der Waals surface area contributed by atoms with E-state index in [1.54, 1.807) is 6.20 Å². The van der Waals surface area contributed by atoms with Gasteiger partial charge in [0, 0.05) is 44.9 Å². The average Bonchev–Trinajstić information content (AvgIpc) is 2.61. The number of aryl methyl sites for hydroxylation is 1. The van der Waals surface area contributed by atoms with Crippen LogP contribution in [-0.4, -0.2) is 28.0 Å². The van der Waals surface area contributed by atoms with Crippen molar-refractivity contribution in [2.45, 2.75) is 32.2 Å². The van der Waals surface area contributed by atoms with Gasteiger partial charge in [0.2, 0.25) is 5.91 Å². The zero-order chi connectivity index (χ0) is 12.0. The van der Waals surface area contributed by atoms with Gasteiger partial charge in [-0.05, 0) is 13.3 Å². The average molecular weight is 224 g/mol. The van der Waals surface area contributed by atoms with Crippen molar-refractivity contribution in [3.8, 4) is 0 Å². The molecule has 0 radical (unpaired) electrons. The van der Waals surface area contributed by atoms with Gasteiger partial charge in [0.1, 0.15) is 5.82 Å².